The van der Waals surface area contributed by atoms with Crippen LogP contribution in [-0.4, -0.2) is 21.6 Å². The highest BCUT2D eigenvalue weighted by Gasteiger charge is 2.15. The van der Waals surface area contributed by atoms with Crippen LogP contribution in [-0.2, 0) is 19.5 Å². The summed E-state index contributed by atoms with van der Waals surface area (Å²) < 4.78 is 0. The van der Waals surface area contributed by atoms with Crippen LogP contribution in [0.1, 0.15) is 16.7 Å². The van der Waals surface area contributed by atoms with Gasteiger partial charge in [0, 0.05) is 35.8 Å². The van der Waals surface area contributed by atoms with Gasteiger partial charge in [-0.15, -0.1) is 0 Å². The fourth-order valence-electron chi connectivity index (χ4n) is 3.58. The number of hydrogen-bond acceptors (Lipinski definition) is 2. The molecule has 1 heterocycles. The Hall–Kier alpha value is -2.59. The first-order chi connectivity index (χ1) is 14.7. The summed E-state index contributed by atoms with van der Waals surface area (Å²) >= 11 is 12.5. The fraction of sp³-hybridized carbons (Fsp3) is 0.160. The number of aromatic nitrogens is 2. The van der Waals surface area contributed by atoms with E-state index in [1.807, 2.05) is 18.3 Å². The van der Waals surface area contributed by atoms with Crippen molar-refractivity contribution in [2.75, 3.05) is 6.54 Å². The van der Waals surface area contributed by atoms with Crippen LogP contribution in [0.3, 0.4) is 0 Å². The third kappa shape index (κ3) is 5.31. The van der Waals surface area contributed by atoms with Gasteiger partial charge in [0.05, 0.1) is 16.9 Å². The zero-order valence-electron chi connectivity index (χ0n) is 16.6. The SMILES string of the molecule is Clc1ccc(-c2[nH]ncc2CN(CCc2ccccc2)Cc2ccccc2)c(Cl)c1. The van der Waals surface area contributed by atoms with Crippen LogP contribution in [0.5, 0.6) is 0 Å². The lowest BCUT2D eigenvalue weighted by molar-refractivity contribution is 0.260. The molecule has 3 aromatic carbocycles. The van der Waals surface area contributed by atoms with Crippen LogP contribution in [0.2, 0.25) is 10.0 Å². The van der Waals surface area contributed by atoms with Crippen LogP contribution in [0.4, 0.5) is 0 Å². The normalized spacial score (nSPS) is 11.2. The lowest BCUT2D eigenvalue weighted by Crippen LogP contribution is -2.25. The second-order valence-electron chi connectivity index (χ2n) is 7.33. The van der Waals surface area contributed by atoms with E-state index in [4.69, 9.17) is 23.2 Å². The molecule has 0 radical (unpaired) electrons. The highest BCUT2D eigenvalue weighted by molar-refractivity contribution is 6.36. The number of aromatic amines is 1. The third-order valence-corrected chi connectivity index (χ3v) is 5.67. The molecule has 1 aromatic heterocycles. The number of halogens is 2. The van der Waals surface area contributed by atoms with E-state index >= 15 is 0 Å². The maximum absolute atomic E-state index is 6.45. The van der Waals surface area contributed by atoms with Gasteiger partial charge in [0.25, 0.3) is 0 Å². The monoisotopic (exact) mass is 435 g/mol. The molecule has 0 saturated carbocycles. The second-order valence-corrected chi connectivity index (χ2v) is 8.17. The Labute approximate surface area is 187 Å². The first-order valence-electron chi connectivity index (χ1n) is 9.97. The van der Waals surface area contributed by atoms with Gasteiger partial charge in [-0.05, 0) is 35.7 Å². The Morgan fingerprint density at radius 1 is 0.800 bits per heavy atom. The fourth-order valence-corrected chi connectivity index (χ4v) is 4.09. The maximum Gasteiger partial charge on any atom is 0.0710 e. The minimum Gasteiger partial charge on any atom is -0.294 e. The summed E-state index contributed by atoms with van der Waals surface area (Å²) in [6.07, 6.45) is 2.88. The first-order valence-corrected chi connectivity index (χ1v) is 10.7. The largest absolute Gasteiger partial charge is 0.294 e. The van der Waals surface area contributed by atoms with E-state index < -0.39 is 0 Å². The molecule has 4 rings (SSSR count). The number of rotatable bonds is 8. The van der Waals surface area contributed by atoms with Crippen molar-refractivity contribution in [2.24, 2.45) is 0 Å². The quantitative estimate of drug-likeness (QED) is 0.336. The van der Waals surface area contributed by atoms with Crippen molar-refractivity contribution in [3.05, 3.63) is 112 Å². The molecule has 0 fully saturated rings. The van der Waals surface area contributed by atoms with Crippen molar-refractivity contribution in [3.63, 3.8) is 0 Å². The molecule has 152 valence electrons. The Morgan fingerprint density at radius 3 is 2.20 bits per heavy atom. The van der Waals surface area contributed by atoms with Gasteiger partial charge in [-0.25, -0.2) is 0 Å². The summed E-state index contributed by atoms with van der Waals surface area (Å²) in [4.78, 5) is 2.44. The van der Waals surface area contributed by atoms with Gasteiger partial charge >= 0.3 is 0 Å². The van der Waals surface area contributed by atoms with Crippen molar-refractivity contribution < 1.29 is 0 Å². The van der Waals surface area contributed by atoms with Crippen molar-refractivity contribution in [2.45, 2.75) is 19.5 Å². The lowest BCUT2D eigenvalue weighted by Gasteiger charge is -2.23. The van der Waals surface area contributed by atoms with E-state index in [1.54, 1.807) is 6.07 Å². The zero-order chi connectivity index (χ0) is 20.8. The molecular formula is C25H23Cl2N3. The highest BCUT2D eigenvalue weighted by atomic mass is 35.5. The van der Waals surface area contributed by atoms with Gasteiger partial charge in [-0.2, -0.15) is 5.10 Å². The van der Waals surface area contributed by atoms with Crippen LogP contribution in [0, 0.1) is 0 Å². The minimum absolute atomic E-state index is 0.617. The average molecular weight is 436 g/mol. The van der Waals surface area contributed by atoms with Crippen LogP contribution in [0.25, 0.3) is 11.3 Å². The van der Waals surface area contributed by atoms with E-state index in [1.165, 1.54) is 11.1 Å². The smallest absolute Gasteiger partial charge is 0.0710 e. The molecule has 0 spiro atoms. The van der Waals surface area contributed by atoms with Crippen molar-refractivity contribution in [1.82, 2.24) is 15.1 Å². The molecule has 0 bridgehead atoms. The molecule has 0 aliphatic heterocycles. The Balaban J connectivity index is 1.56. The molecule has 0 amide bonds. The number of nitrogens with zero attached hydrogens (tertiary/aromatic N) is 2. The molecule has 4 aromatic rings. The summed E-state index contributed by atoms with van der Waals surface area (Å²) in [5.74, 6) is 0. The topological polar surface area (TPSA) is 31.9 Å². The maximum atomic E-state index is 6.45. The summed E-state index contributed by atoms with van der Waals surface area (Å²) in [7, 11) is 0. The Morgan fingerprint density at radius 2 is 1.50 bits per heavy atom. The predicted molar refractivity (Wildman–Crippen MR) is 125 cm³/mol. The first kappa shape index (κ1) is 20.7. The molecule has 5 heteroatoms. The van der Waals surface area contributed by atoms with Crippen LogP contribution >= 0.6 is 23.2 Å². The van der Waals surface area contributed by atoms with E-state index in [0.29, 0.717) is 10.0 Å². The van der Waals surface area contributed by atoms with E-state index in [-0.39, 0.29) is 0 Å². The van der Waals surface area contributed by atoms with E-state index in [9.17, 15) is 0 Å². The summed E-state index contributed by atoms with van der Waals surface area (Å²) in [6, 6.07) is 26.7. The average Bonchev–Trinajstić information content (AvgIpc) is 3.21. The lowest BCUT2D eigenvalue weighted by atomic mass is 10.1. The summed E-state index contributed by atoms with van der Waals surface area (Å²) in [6.45, 7) is 2.58. The van der Waals surface area contributed by atoms with Gasteiger partial charge < -0.3 is 0 Å². The van der Waals surface area contributed by atoms with Gasteiger partial charge in [-0.3, -0.25) is 10.00 Å². The second kappa shape index (κ2) is 9.94. The number of nitrogens with one attached hydrogen (secondary N) is 1. The molecule has 0 saturated heterocycles. The van der Waals surface area contributed by atoms with Crippen molar-refractivity contribution >= 4 is 23.2 Å². The predicted octanol–water partition coefficient (Wildman–Crippen LogP) is 6.63. The van der Waals surface area contributed by atoms with Crippen molar-refractivity contribution in [3.8, 4) is 11.3 Å². The van der Waals surface area contributed by atoms with Gasteiger partial charge in [0.1, 0.15) is 0 Å². The van der Waals surface area contributed by atoms with Crippen LogP contribution in [0.15, 0.2) is 85.1 Å². The van der Waals surface area contributed by atoms with E-state index in [2.05, 4.69) is 75.8 Å². The third-order valence-electron chi connectivity index (χ3n) is 5.12. The highest BCUT2D eigenvalue weighted by Crippen LogP contribution is 2.31. The Kier molecular flexibility index (Phi) is 6.85. The summed E-state index contributed by atoms with van der Waals surface area (Å²) in [5.41, 5.74) is 5.60. The molecule has 0 aliphatic rings. The van der Waals surface area contributed by atoms with Crippen molar-refractivity contribution in [1.29, 1.82) is 0 Å². The van der Waals surface area contributed by atoms with Crippen LogP contribution < -0.4 is 0 Å². The zero-order valence-corrected chi connectivity index (χ0v) is 18.1. The number of benzene rings is 3. The number of hydrogen-bond donors (Lipinski definition) is 1. The molecule has 30 heavy (non-hydrogen) atoms. The Bertz CT molecular complexity index is 1080. The van der Waals surface area contributed by atoms with E-state index in [0.717, 1.165) is 42.9 Å². The van der Waals surface area contributed by atoms with Gasteiger partial charge in [-0.1, -0.05) is 83.9 Å². The molecule has 0 aliphatic carbocycles. The molecule has 1 N–H and O–H groups in total. The molecule has 3 nitrogen and oxygen atoms in total. The molecule has 0 unspecified atom stereocenters. The van der Waals surface area contributed by atoms with Gasteiger partial charge in [0.15, 0.2) is 0 Å². The molecule has 0 atom stereocenters. The number of H-pyrrole nitrogens is 1. The standard InChI is InChI=1S/C25H23Cl2N3/c26-22-11-12-23(24(27)15-22)25-21(16-28-29-25)18-30(17-20-9-5-2-6-10-20)14-13-19-7-3-1-4-8-19/h1-12,15-16H,13-14,17-18H2,(H,28,29). The van der Waals surface area contributed by atoms with Gasteiger partial charge in [0.2, 0.25) is 0 Å². The minimum atomic E-state index is 0.617. The summed E-state index contributed by atoms with van der Waals surface area (Å²) in [5, 5.41) is 8.66. The molecular weight excluding hydrogens is 413 g/mol.